The summed E-state index contributed by atoms with van der Waals surface area (Å²) in [5.74, 6) is 0.380. The van der Waals surface area contributed by atoms with Crippen LogP contribution in [0.5, 0.6) is 0 Å². The minimum absolute atomic E-state index is 0.380. The SMILES string of the molecule is CC(C)c1ccc(Cl)c(C=O)c1Br. The standard InChI is InChI=1S/C10H10BrClO/c1-6(2)7-3-4-9(12)8(5-13)10(7)11/h3-6H,1-2H3. The Labute approximate surface area is 91.2 Å². The van der Waals surface area contributed by atoms with Crippen LogP contribution in [0.2, 0.25) is 5.02 Å². The zero-order valence-corrected chi connectivity index (χ0v) is 9.82. The molecule has 0 aromatic heterocycles. The molecule has 0 radical (unpaired) electrons. The Hall–Kier alpha value is -0.340. The number of aldehydes is 1. The number of hydrogen-bond acceptors (Lipinski definition) is 1. The predicted molar refractivity (Wildman–Crippen MR) is 58.6 cm³/mol. The van der Waals surface area contributed by atoms with Crippen molar-refractivity contribution >= 4 is 33.8 Å². The zero-order valence-electron chi connectivity index (χ0n) is 7.47. The molecule has 0 heterocycles. The van der Waals surface area contributed by atoms with Gasteiger partial charge in [-0.15, -0.1) is 0 Å². The molecule has 1 aromatic rings. The molecule has 0 saturated heterocycles. The fourth-order valence-corrected chi connectivity index (χ4v) is 2.35. The lowest BCUT2D eigenvalue weighted by Crippen LogP contribution is -1.94. The largest absolute Gasteiger partial charge is 0.298 e. The minimum Gasteiger partial charge on any atom is -0.298 e. The van der Waals surface area contributed by atoms with E-state index in [1.54, 1.807) is 6.07 Å². The van der Waals surface area contributed by atoms with Gasteiger partial charge in [0.05, 0.1) is 5.02 Å². The number of carbonyl (C=O) groups is 1. The number of rotatable bonds is 2. The summed E-state index contributed by atoms with van der Waals surface area (Å²) in [6, 6.07) is 3.69. The second-order valence-electron chi connectivity index (χ2n) is 3.14. The summed E-state index contributed by atoms with van der Waals surface area (Å²) in [4.78, 5) is 10.7. The van der Waals surface area contributed by atoms with Crippen molar-refractivity contribution in [1.29, 1.82) is 0 Å². The van der Waals surface area contributed by atoms with E-state index in [0.717, 1.165) is 16.3 Å². The van der Waals surface area contributed by atoms with E-state index in [9.17, 15) is 4.79 Å². The van der Waals surface area contributed by atoms with Crippen LogP contribution >= 0.6 is 27.5 Å². The smallest absolute Gasteiger partial charge is 0.152 e. The van der Waals surface area contributed by atoms with E-state index in [-0.39, 0.29) is 0 Å². The first-order valence-electron chi connectivity index (χ1n) is 4.01. The van der Waals surface area contributed by atoms with Gasteiger partial charge in [-0.1, -0.05) is 31.5 Å². The van der Waals surface area contributed by atoms with Crippen molar-refractivity contribution in [1.82, 2.24) is 0 Å². The van der Waals surface area contributed by atoms with Crippen molar-refractivity contribution in [2.24, 2.45) is 0 Å². The van der Waals surface area contributed by atoms with Crippen LogP contribution in [0.15, 0.2) is 16.6 Å². The van der Waals surface area contributed by atoms with Gasteiger partial charge < -0.3 is 0 Å². The Morgan fingerprint density at radius 2 is 2.08 bits per heavy atom. The molecule has 1 nitrogen and oxygen atoms in total. The highest BCUT2D eigenvalue weighted by Gasteiger charge is 2.11. The summed E-state index contributed by atoms with van der Waals surface area (Å²) < 4.78 is 0.810. The van der Waals surface area contributed by atoms with E-state index in [1.165, 1.54) is 0 Å². The van der Waals surface area contributed by atoms with Gasteiger partial charge in [-0.3, -0.25) is 4.79 Å². The summed E-state index contributed by atoms with van der Waals surface area (Å²) in [5.41, 5.74) is 1.64. The summed E-state index contributed by atoms with van der Waals surface area (Å²) in [6.07, 6.45) is 0.776. The molecule has 0 unspecified atom stereocenters. The van der Waals surface area contributed by atoms with E-state index in [1.807, 2.05) is 6.07 Å². The first-order chi connectivity index (χ1) is 6.07. The van der Waals surface area contributed by atoms with Crippen LogP contribution in [0.25, 0.3) is 0 Å². The maximum absolute atomic E-state index is 10.7. The van der Waals surface area contributed by atoms with Gasteiger partial charge >= 0.3 is 0 Å². The van der Waals surface area contributed by atoms with Gasteiger partial charge in [0.25, 0.3) is 0 Å². The second-order valence-corrected chi connectivity index (χ2v) is 4.34. The van der Waals surface area contributed by atoms with Crippen molar-refractivity contribution in [2.45, 2.75) is 19.8 Å². The molecule has 0 bridgehead atoms. The lowest BCUT2D eigenvalue weighted by atomic mass is 10.0. The first kappa shape index (κ1) is 10.7. The van der Waals surface area contributed by atoms with Gasteiger partial charge in [-0.05, 0) is 33.5 Å². The average molecular weight is 262 g/mol. The Bertz CT molecular complexity index is 334. The molecule has 3 heteroatoms. The van der Waals surface area contributed by atoms with E-state index < -0.39 is 0 Å². The van der Waals surface area contributed by atoms with Crippen LogP contribution in [0.3, 0.4) is 0 Å². The second kappa shape index (κ2) is 4.25. The topological polar surface area (TPSA) is 17.1 Å². The molecule has 0 fully saturated rings. The molecule has 0 saturated carbocycles. The monoisotopic (exact) mass is 260 g/mol. The van der Waals surface area contributed by atoms with Crippen LogP contribution < -0.4 is 0 Å². The molecule has 1 aromatic carbocycles. The molecule has 0 aliphatic heterocycles. The molecular weight excluding hydrogens is 251 g/mol. The van der Waals surface area contributed by atoms with Crippen molar-refractivity contribution in [3.8, 4) is 0 Å². The van der Waals surface area contributed by atoms with Crippen molar-refractivity contribution in [2.75, 3.05) is 0 Å². The number of hydrogen-bond donors (Lipinski definition) is 0. The quantitative estimate of drug-likeness (QED) is 0.734. The summed E-state index contributed by atoms with van der Waals surface area (Å²) >= 11 is 9.22. The highest BCUT2D eigenvalue weighted by atomic mass is 79.9. The van der Waals surface area contributed by atoms with Crippen LogP contribution in [-0.4, -0.2) is 6.29 Å². The number of carbonyl (C=O) groups excluding carboxylic acids is 1. The Morgan fingerprint density at radius 3 is 2.54 bits per heavy atom. The van der Waals surface area contributed by atoms with Gasteiger partial charge in [0.2, 0.25) is 0 Å². The van der Waals surface area contributed by atoms with Gasteiger partial charge in [0.1, 0.15) is 0 Å². The van der Waals surface area contributed by atoms with Gasteiger partial charge in [0, 0.05) is 10.0 Å². The van der Waals surface area contributed by atoms with Crippen molar-refractivity contribution < 1.29 is 4.79 Å². The first-order valence-corrected chi connectivity index (χ1v) is 5.18. The molecule has 13 heavy (non-hydrogen) atoms. The number of benzene rings is 1. The molecule has 0 aliphatic rings. The molecule has 0 N–H and O–H groups in total. The van der Waals surface area contributed by atoms with Crippen molar-refractivity contribution in [3.63, 3.8) is 0 Å². The molecule has 1 rings (SSSR count). The van der Waals surface area contributed by atoms with E-state index in [4.69, 9.17) is 11.6 Å². The summed E-state index contributed by atoms with van der Waals surface area (Å²) in [6.45, 7) is 4.14. The third-order valence-electron chi connectivity index (χ3n) is 1.90. The highest BCUT2D eigenvalue weighted by molar-refractivity contribution is 9.10. The zero-order chi connectivity index (χ0) is 10.0. The van der Waals surface area contributed by atoms with Gasteiger partial charge in [-0.2, -0.15) is 0 Å². The predicted octanol–water partition coefficient (Wildman–Crippen LogP) is 4.04. The Morgan fingerprint density at radius 1 is 1.46 bits per heavy atom. The lowest BCUT2D eigenvalue weighted by molar-refractivity contribution is 0.112. The normalized spacial score (nSPS) is 10.5. The van der Waals surface area contributed by atoms with Crippen LogP contribution in [0, 0.1) is 0 Å². The molecule has 0 amide bonds. The van der Waals surface area contributed by atoms with E-state index in [2.05, 4.69) is 29.8 Å². The lowest BCUT2D eigenvalue weighted by Gasteiger charge is -2.10. The minimum atomic E-state index is 0.380. The molecule has 0 atom stereocenters. The molecule has 0 aliphatic carbocycles. The summed E-state index contributed by atoms with van der Waals surface area (Å²) in [7, 11) is 0. The summed E-state index contributed by atoms with van der Waals surface area (Å²) in [5, 5.41) is 0.492. The van der Waals surface area contributed by atoms with E-state index in [0.29, 0.717) is 16.5 Å². The maximum Gasteiger partial charge on any atom is 0.152 e. The van der Waals surface area contributed by atoms with Crippen LogP contribution in [0.1, 0.15) is 35.7 Å². The Balaban J connectivity index is 3.35. The highest BCUT2D eigenvalue weighted by Crippen LogP contribution is 2.31. The molecule has 0 spiro atoms. The van der Waals surface area contributed by atoms with Crippen LogP contribution in [0.4, 0.5) is 0 Å². The van der Waals surface area contributed by atoms with Crippen LogP contribution in [-0.2, 0) is 0 Å². The third-order valence-corrected chi connectivity index (χ3v) is 3.11. The Kier molecular flexibility index (Phi) is 3.51. The molecule has 70 valence electrons. The fourth-order valence-electron chi connectivity index (χ4n) is 1.14. The van der Waals surface area contributed by atoms with E-state index >= 15 is 0 Å². The van der Waals surface area contributed by atoms with Crippen molar-refractivity contribution in [3.05, 3.63) is 32.8 Å². The van der Waals surface area contributed by atoms with Gasteiger partial charge in [0.15, 0.2) is 6.29 Å². The number of halogens is 2. The fraction of sp³-hybridized carbons (Fsp3) is 0.300. The van der Waals surface area contributed by atoms with Gasteiger partial charge in [-0.25, -0.2) is 0 Å². The third kappa shape index (κ3) is 2.12. The maximum atomic E-state index is 10.7. The molecular formula is C10H10BrClO. The average Bonchev–Trinajstić information content (AvgIpc) is 2.04.